The monoisotopic (exact) mass is 227 g/mol. The summed E-state index contributed by atoms with van der Waals surface area (Å²) in [6.07, 6.45) is 0. The number of halogens is 1. The van der Waals surface area contributed by atoms with Crippen LogP contribution >= 0.6 is 12.2 Å². The van der Waals surface area contributed by atoms with Crippen LogP contribution in [0.3, 0.4) is 0 Å². The highest BCUT2D eigenvalue weighted by atomic mass is 32.1. The fraction of sp³-hybridized carbons (Fsp3) is 0.111. The van der Waals surface area contributed by atoms with E-state index in [2.05, 4.69) is 23.1 Å². The molecule has 1 aromatic carbocycles. The van der Waals surface area contributed by atoms with Gasteiger partial charge in [-0.15, -0.1) is 0 Å². The first-order chi connectivity index (χ1) is 7.00. The maximum absolute atomic E-state index is 13.3. The number of benzene rings is 1. The lowest BCUT2D eigenvalue weighted by atomic mass is 10.1. The Labute approximate surface area is 91.6 Å². The Balaban J connectivity index is 2.78. The number of carbonyl (C=O) groups is 1. The summed E-state index contributed by atoms with van der Waals surface area (Å²) < 4.78 is 13.3. The molecule has 1 rings (SSSR count). The van der Waals surface area contributed by atoms with Crippen molar-refractivity contribution in [3.63, 3.8) is 0 Å². The Morgan fingerprint density at radius 3 is 2.67 bits per heavy atom. The van der Waals surface area contributed by atoms with Crippen LogP contribution < -0.4 is 16.6 Å². The van der Waals surface area contributed by atoms with Gasteiger partial charge >= 0.3 is 0 Å². The fourth-order valence-electron chi connectivity index (χ4n) is 0.990. The van der Waals surface area contributed by atoms with Crippen molar-refractivity contribution in [3.05, 3.63) is 35.1 Å². The summed E-state index contributed by atoms with van der Waals surface area (Å²) in [7, 11) is 0. The van der Waals surface area contributed by atoms with Crippen LogP contribution in [0.1, 0.15) is 15.9 Å². The molecule has 0 saturated carbocycles. The molecule has 0 bridgehead atoms. The molecule has 4 N–H and O–H groups in total. The predicted octanol–water partition coefficient (Wildman–Crippen LogP) is 0.612. The number of hydrogen-bond acceptors (Lipinski definition) is 2. The molecule has 0 saturated heterocycles. The normalized spacial score (nSPS) is 9.47. The molecule has 0 aliphatic carbocycles. The Kier molecular flexibility index (Phi) is 3.56. The minimum atomic E-state index is -0.625. The molecule has 1 amide bonds. The molecule has 80 valence electrons. The van der Waals surface area contributed by atoms with Gasteiger partial charge in [-0.2, -0.15) is 0 Å². The predicted molar refractivity (Wildman–Crippen MR) is 58.5 cm³/mol. The number of nitrogens with one attached hydrogen (secondary N) is 2. The number of rotatable bonds is 1. The van der Waals surface area contributed by atoms with Crippen LogP contribution in [0, 0.1) is 12.7 Å². The lowest BCUT2D eigenvalue weighted by molar-refractivity contribution is 0.0940. The third-order valence-electron chi connectivity index (χ3n) is 1.67. The van der Waals surface area contributed by atoms with Gasteiger partial charge in [-0.3, -0.25) is 15.6 Å². The Bertz CT molecular complexity index is 408. The zero-order chi connectivity index (χ0) is 11.4. The highest BCUT2D eigenvalue weighted by molar-refractivity contribution is 7.80. The van der Waals surface area contributed by atoms with E-state index < -0.39 is 11.7 Å². The molecule has 0 aliphatic heterocycles. The molecule has 15 heavy (non-hydrogen) atoms. The highest BCUT2D eigenvalue weighted by Crippen LogP contribution is 2.09. The van der Waals surface area contributed by atoms with Crippen molar-refractivity contribution in [3.8, 4) is 0 Å². The van der Waals surface area contributed by atoms with Crippen LogP contribution in [-0.4, -0.2) is 11.0 Å². The third kappa shape index (κ3) is 3.17. The number of amides is 1. The van der Waals surface area contributed by atoms with Crippen molar-refractivity contribution in [1.29, 1.82) is 0 Å². The average Bonchev–Trinajstić information content (AvgIpc) is 2.14. The Morgan fingerprint density at radius 2 is 2.13 bits per heavy atom. The quantitative estimate of drug-likeness (QED) is 0.486. The third-order valence-corrected chi connectivity index (χ3v) is 1.77. The van der Waals surface area contributed by atoms with Crippen molar-refractivity contribution in [2.45, 2.75) is 6.92 Å². The summed E-state index contributed by atoms with van der Waals surface area (Å²) in [6, 6.07) is 4.30. The van der Waals surface area contributed by atoms with Crippen LogP contribution in [0.15, 0.2) is 18.2 Å². The van der Waals surface area contributed by atoms with Crippen molar-refractivity contribution in [2.24, 2.45) is 5.73 Å². The lowest BCUT2D eigenvalue weighted by Gasteiger charge is -2.07. The topological polar surface area (TPSA) is 67.2 Å². The molecule has 1 aromatic rings. The Hall–Kier alpha value is -1.69. The molecule has 0 atom stereocenters. The molecule has 0 aromatic heterocycles. The van der Waals surface area contributed by atoms with Crippen molar-refractivity contribution in [2.75, 3.05) is 0 Å². The first-order valence-corrected chi connectivity index (χ1v) is 4.53. The summed E-state index contributed by atoms with van der Waals surface area (Å²) in [5, 5.41) is -0.0872. The number of hydrazine groups is 1. The van der Waals surface area contributed by atoms with Crippen LogP contribution in [-0.2, 0) is 0 Å². The van der Waals surface area contributed by atoms with Crippen LogP contribution in [0.25, 0.3) is 0 Å². The second kappa shape index (κ2) is 4.70. The smallest absolute Gasteiger partial charge is 0.272 e. The van der Waals surface area contributed by atoms with E-state index in [-0.39, 0.29) is 10.7 Å². The summed E-state index contributed by atoms with van der Waals surface area (Å²) in [6.45, 7) is 1.73. The molecule has 0 radical (unpaired) electrons. The Morgan fingerprint density at radius 1 is 1.47 bits per heavy atom. The summed E-state index contributed by atoms with van der Waals surface area (Å²) in [5.74, 6) is -1.21. The van der Waals surface area contributed by atoms with Gasteiger partial charge in [0.05, 0.1) is 5.56 Å². The van der Waals surface area contributed by atoms with Gasteiger partial charge in [-0.05, 0) is 36.8 Å². The largest absolute Gasteiger partial charge is 0.375 e. The molecule has 0 spiro atoms. The van der Waals surface area contributed by atoms with E-state index >= 15 is 0 Å². The second-order valence-electron chi connectivity index (χ2n) is 2.93. The van der Waals surface area contributed by atoms with Gasteiger partial charge in [0.25, 0.3) is 5.91 Å². The van der Waals surface area contributed by atoms with Gasteiger partial charge in [-0.25, -0.2) is 4.39 Å². The molecule has 0 fully saturated rings. The van der Waals surface area contributed by atoms with Gasteiger partial charge < -0.3 is 5.73 Å². The fourth-order valence-corrected chi connectivity index (χ4v) is 1.04. The van der Waals surface area contributed by atoms with Crippen LogP contribution in [0.4, 0.5) is 4.39 Å². The van der Waals surface area contributed by atoms with E-state index in [1.807, 2.05) is 0 Å². The number of aryl methyl sites for hydroxylation is 1. The minimum absolute atomic E-state index is 0.0654. The summed E-state index contributed by atoms with van der Waals surface area (Å²) in [5.41, 5.74) is 10.2. The van der Waals surface area contributed by atoms with Crippen LogP contribution in [0.2, 0.25) is 0 Å². The van der Waals surface area contributed by atoms with Crippen molar-refractivity contribution >= 4 is 23.2 Å². The average molecular weight is 227 g/mol. The van der Waals surface area contributed by atoms with Gasteiger partial charge in [0.1, 0.15) is 5.82 Å². The number of nitrogens with two attached hydrogens (primary N) is 1. The first-order valence-electron chi connectivity index (χ1n) is 4.12. The van der Waals surface area contributed by atoms with E-state index in [9.17, 15) is 9.18 Å². The molecule has 4 nitrogen and oxygen atoms in total. The lowest BCUT2D eigenvalue weighted by Crippen LogP contribution is -2.44. The SMILES string of the molecule is Cc1ccc(C(=O)NNC(N)=S)c(F)c1. The first kappa shape index (κ1) is 11.4. The van der Waals surface area contributed by atoms with Gasteiger partial charge in [0.2, 0.25) is 0 Å². The molecular formula is C9H10FN3OS. The highest BCUT2D eigenvalue weighted by Gasteiger charge is 2.10. The number of thiocarbonyl (C=S) groups is 1. The molecule has 6 heteroatoms. The zero-order valence-corrected chi connectivity index (χ0v) is 8.82. The van der Waals surface area contributed by atoms with Gasteiger partial charge in [-0.1, -0.05) is 6.07 Å². The van der Waals surface area contributed by atoms with E-state index in [0.29, 0.717) is 0 Å². The van der Waals surface area contributed by atoms with Crippen LogP contribution in [0.5, 0.6) is 0 Å². The van der Waals surface area contributed by atoms with E-state index in [1.54, 1.807) is 13.0 Å². The minimum Gasteiger partial charge on any atom is -0.375 e. The van der Waals surface area contributed by atoms with Crippen molar-refractivity contribution < 1.29 is 9.18 Å². The maximum atomic E-state index is 13.3. The molecular weight excluding hydrogens is 217 g/mol. The van der Waals surface area contributed by atoms with Crippen molar-refractivity contribution in [1.82, 2.24) is 10.9 Å². The molecule has 0 heterocycles. The number of hydrogen-bond donors (Lipinski definition) is 3. The van der Waals surface area contributed by atoms with E-state index in [1.165, 1.54) is 12.1 Å². The number of carbonyl (C=O) groups excluding carboxylic acids is 1. The van der Waals surface area contributed by atoms with E-state index in [4.69, 9.17) is 5.73 Å². The second-order valence-corrected chi connectivity index (χ2v) is 3.37. The summed E-state index contributed by atoms with van der Waals surface area (Å²) in [4.78, 5) is 11.4. The maximum Gasteiger partial charge on any atom is 0.272 e. The zero-order valence-electron chi connectivity index (χ0n) is 8.00. The molecule has 0 unspecified atom stereocenters. The van der Waals surface area contributed by atoms with E-state index in [0.717, 1.165) is 5.56 Å². The summed E-state index contributed by atoms with van der Waals surface area (Å²) >= 11 is 4.48. The van der Waals surface area contributed by atoms with Gasteiger partial charge in [0.15, 0.2) is 5.11 Å². The van der Waals surface area contributed by atoms with Gasteiger partial charge in [0, 0.05) is 0 Å². The molecule has 0 aliphatic rings. The standard InChI is InChI=1S/C9H10FN3OS/c1-5-2-3-6(7(10)4-5)8(14)12-13-9(11)15/h2-4H,1H3,(H,12,14)(H3,11,13,15).